The van der Waals surface area contributed by atoms with Crippen LogP contribution in [0.25, 0.3) is 10.4 Å². The number of hydrogen-bond donors (Lipinski definition) is 1. The number of halogens is 5. The van der Waals surface area contributed by atoms with Gasteiger partial charge >= 0.3 is 23.8 Å². The van der Waals surface area contributed by atoms with Crippen LogP contribution < -0.4 is 10.1 Å². The number of carbonyl (C=O) groups excluding carboxylic acids is 2. The summed E-state index contributed by atoms with van der Waals surface area (Å²) in [5.41, 5.74) is 6.85. The van der Waals surface area contributed by atoms with Crippen LogP contribution in [0.15, 0.2) is 23.3 Å². The quantitative estimate of drug-likeness (QED) is 0.0763. The van der Waals surface area contributed by atoms with Crippen molar-refractivity contribution < 1.29 is 45.9 Å². The van der Waals surface area contributed by atoms with Crippen molar-refractivity contribution >= 4 is 17.6 Å². The molecular weight excluding hydrogens is 453 g/mol. The van der Waals surface area contributed by atoms with Crippen molar-refractivity contribution in [1.29, 1.82) is 0 Å². The molecule has 0 unspecified atom stereocenters. The number of rotatable bonds is 11. The van der Waals surface area contributed by atoms with E-state index in [4.69, 9.17) is 5.53 Å². The van der Waals surface area contributed by atoms with Gasteiger partial charge in [0.1, 0.15) is 6.04 Å². The van der Waals surface area contributed by atoms with Crippen molar-refractivity contribution in [2.24, 2.45) is 5.11 Å². The van der Waals surface area contributed by atoms with Crippen LogP contribution in [0.1, 0.15) is 23.2 Å². The Morgan fingerprint density at radius 1 is 1.31 bits per heavy atom. The molecular formula is C16H16F5N5O6. The van der Waals surface area contributed by atoms with Gasteiger partial charge in [-0.25, -0.2) is 4.79 Å². The van der Waals surface area contributed by atoms with Crippen molar-refractivity contribution in [2.75, 3.05) is 20.3 Å². The number of nitrogens with one attached hydrogen (secondary N) is 1. The van der Waals surface area contributed by atoms with Gasteiger partial charge in [0.05, 0.1) is 12.0 Å². The molecule has 0 aliphatic carbocycles. The second-order valence-electron chi connectivity index (χ2n) is 6.08. The second kappa shape index (κ2) is 11.1. The Kier molecular flexibility index (Phi) is 9.13. The van der Waals surface area contributed by atoms with E-state index in [-0.39, 0.29) is 19.4 Å². The van der Waals surface area contributed by atoms with Gasteiger partial charge in [0, 0.05) is 29.2 Å². The van der Waals surface area contributed by atoms with Crippen LogP contribution in [-0.4, -0.2) is 55.2 Å². The highest BCUT2D eigenvalue weighted by molar-refractivity contribution is 5.97. The fourth-order valence-corrected chi connectivity index (χ4v) is 2.22. The van der Waals surface area contributed by atoms with E-state index >= 15 is 0 Å². The van der Waals surface area contributed by atoms with Gasteiger partial charge in [-0.15, -0.1) is 0 Å². The lowest BCUT2D eigenvalue weighted by atomic mass is 10.1. The Balaban J connectivity index is 3.09. The van der Waals surface area contributed by atoms with Crippen LogP contribution in [0.4, 0.5) is 27.6 Å². The first-order valence-corrected chi connectivity index (χ1v) is 8.59. The average Bonchev–Trinajstić information content (AvgIpc) is 2.72. The molecule has 11 nitrogen and oxygen atoms in total. The lowest BCUT2D eigenvalue weighted by molar-refractivity contribution is -0.386. The standard InChI is InChI=1S/C16H16F5N5O6/c1-31-14(28)10(3-2-6-23-25-22)24-13(27)9-4-5-11(26(29)30)12(7-9)32-8-15(17,18)16(19,20)21/h4-5,7,10H,2-3,6,8H2,1H3,(H,24,27)/t10-/m0/s1. The molecule has 0 saturated heterocycles. The molecule has 1 N–H and O–H groups in total. The highest BCUT2D eigenvalue weighted by atomic mass is 19.4. The summed E-state index contributed by atoms with van der Waals surface area (Å²) in [6, 6.07) is 0.922. The number of amides is 1. The molecule has 0 aliphatic rings. The van der Waals surface area contributed by atoms with E-state index in [2.05, 4.69) is 24.8 Å². The number of alkyl halides is 5. The number of nitro groups is 1. The van der Waals surface area contributed by atoms with E-state index in [1.165, 1.54) is 0 Å². The number of hydrogen-bond acceptors (Lipinski definition) is 7. The van der Waals surface area contributed by atoms with Crippen molar-refractivity contribution in [2.45, 2.75) is 31.0 Å². The van der Waals surface area contributed by atoms with Crippen molar-refractivity contribution in [3.05, 3.63) is 44.3 Å². The number of benzene rings is 1. The molecule has 16 heteroatoms. The first-order valence-electron chi connectivity index (χ1n) is 8.59. The Labute approximate surface area is 176 Å². The SMILES string of the molecule is COC(=O)[C@H](CCCN=[N+]=[N-])NC(=O)c1ccc([N+](=O)[O-])c(OCC(F)(F)C(F)(F)F)c1. The predicted molar refractivity (Wildman–Crippen MR) is 96.1 cm³/mol. The van der Waals surface area contributed by atoms with Crippen LogP contribution in [0.5, 0.6) is 5.75 Å². The van der Waals surface area contributed by atoms with Crippen molar-refractivity contribution in [1.82, 2.24) is 5.32 Å². The van der Waals surface area contributed by atoms with Crippen LogP contribution >= 0.6 is 0 Å². The third kappa shape index (κ3) is 7.23. The Hall–Kier alpha value is -3.68. The number of azide groups is 1. The van der Waals surface area contributed by atoms with Crippen molar-refractivity contribution in [3.8, 4) is 5.75 Å². The minimum atomic E-state index is -5.96. The zero-order chi connectivity index (χ0) is 24.5. The number of methoxy groups -OCH3 is 1. The zero-order valence-corrected chi connectivity index (χ0v) is 16.3. The first kappa shape index (κ1) is 26.4. The normalized spacial score (nSPS) is 12.3. The lowest BCUT2D eigenvalue weighted by Gasteiger charge is -2.20. The fraction of sp³-hybridized carbons (Fsp3) is 0.500. The number of nitrogens with zero attached hydrogens (tertiary/aromatic N) is 4. The molecule has 1 aromatic rings. The summed E-state index contributed by atoms with van der Waals surface area (Å²) in [4.78, 5) is 36.7. The van der Waals surface area contributed by atoms with Crippen molar-refractivity contribution in [3.63, 3.8) is 0 Å². The summed E-state index contributed by atoms with van der Waals surface area (Å²) in [5, 5.41) is 16.5. The Morgan fingerprint density at radius 2 is 1.97 bits per heavy atom. The number of nitro benzene ring substituents is 1. The van der Waals surface area contributed by atoms with Gasteiger partial charge in [-0.1, -0.05) is 5.11 Å². The maximum Gasteiger partial charge on any atom is 0.456 e. The summed E-state index contributed by atoms with van der Waals surface area (Å²) in [5.74, 6) is -8.21. The lowest BCUT2D eigenvalue weighted by Crippen LogP contribution is -2.42. The smallest absolute Gasteiger partial charge is 0.456 e. The van der Waals surface area contributed by atoms with E-state index in [1.807, 2.05) is 0 Å². The zero-order valence-electron chi connectivity index (χ0n) is 16.3. The monoisotopic (exact) mass is 469 g/mol. The summed E-state index contributed by atoms with van der Waals surface area (Å²) in [6.45, 7) is -2.25. The summed E-state index contributed by atoms with van der Waals surface area (Å²) >= 11 is 0. The highest BCUT2D eigenvalue weighted by Crippen LogP contribution is 2.37. The average molecular weight is 469 g/mol. The summed E-state index contributed by atoms with van der Waals surface area (Å²) < 4.78 is 72.0. The molecule has 0 bridgehead atoms. The molecule has 0 aliphatic heterocycles. The minimum absolute atomic E-state index is 0.00278. The Morgan fingerprint density at radius 3 is 2.50 bits per heavy atom. The molecule has 1 rings (SSSR count). The van der Waals surface area contributed by atoms with Crippen LogP contribution in [0, 0.1) is 10.1 Å². The largest absolute Gasteiger partial charge is 0.480 e. The molecule has 0 aromatic heterocycles. The number of carbonyl (C=O) groups is 2. The molecule has 0 fully saturated rings. The molecule has 1 amide bonds. The van der Waals surface area contributed by atoms with E-state index in [9.17, 15) is 41.7 Å². The van der Waals surface area contributed by atoms with E-state index in [0.29, 0.717) is 12.1 Å². The minimum Gasteiger partial charge on any atom is -0.480 e. The molecule has 0 radical (unpaired) electrons. The van der Waals surface area contributed by atoms with Gasteiger partial charge in [0.2, 0.25) is 0 Å². The third-order valence-electron chi connectivity index (χ3n) is 3.85. The molecule has 32 heavy (non-hydrogen) atoms. The number of esters is 1. The van der Waals surface area contributed by atoms with Gasteiger partial charge in [0.25, 0.3) is 5.91 Å². The predicted octanol–water partition coefficient (Wildman–Crippen LogP) is 3.53. The highest BCUT2D eigenvalue weighted by Gasteiger charge is 2.58. The van der Waals surface area contributed by atoms with E-state index in [0.717, 1.165) is 13.2 Å². The van der Waals surface area contributed by atoms with E-state index in [1.54, 1.807) is 0 Å². The van der Waals surface area contributed by atoms with Crippen LogP contribution in [0.2, 0.25) is 0 Å². The number of ether oxygens (including phenoxy) is 2. The molecule has 176 valence electrons. The van der Waals surface area contributed by atoms with Crippen LogP contribution in [0.3, 0.4) is 0 Å². The Bertz CT molecular complexity index is 904. The van der Waals surface area contributed by atoms with Crippen LogP contribution in [-0.2, 0) is 9.53 Å². The van der Waals surface area contributed by atoms with Gasteiger partial charge < -0.3 is 14.8 Å². The third-order valence-corrected chi connectivity index (χ3v) is 3.85. The van der Waals surface area contributed by atoms with E-state index < -0.39 is 58.5 Å². The molecule has 1 aromatic carbocycles. The van der Waals surface area contributed by atoms with Gasteiger partial charge in [0.15, 0.2) is 12.4 Å². The molecule has 0 saturated carbocycles. The maximum absolute atomic E-state index is 13.1. The molecule has 1 atom stereocenters. The molecule has 0 heterocycles. The summed E-state index contributed by atoms with van der Waals surface area (Å²) in [6.07, 6.45) is -5.81. The second-order valence-corrected chi connectivity index (χ2v) is 6.08. The summed E-state index contributed by atoms with van der Waals surface area (Å²) in [7, 11) is 1.04. The topological polar surface area (TPSA) is 157 Å². The van der Waals surface area contributed by atoms with Gasteiger partial charge in [-0.2, -0.15) is 22.0 Å². The fourth-order valence-electron chi connectivity index (χ4n) is 2.22. The van der Waals surface area contributed by atoms with Gasteiger partial charge in [-0.3, -0.25) is 14.9 Å². The maximum atomic E-state index is 13.1. The van der Waals surface area contributed by atoms with Gasteiger partial charge in [-0.05, 0) is 24.4 Å². The molecule has 0 spiro atoms. The first-order chi connectivity index (χ1) is 14.8.